The van der Waals surface area contributed by atoms with Gasteiger partial charge in [-0.05, 0) is 23.9 Å². The number of likely N-dealkylation sites (tertiary alicyclic amines) is 1. The fraction of sp³-hybridized carbons (Fsp3) is 0.474. The van der Waals surface area contributed by atoms with Crippen molar-refractivity contribution in [2.75, 3.05) is 20.1 Å². The highest BCUT2D eigenvalue weighted by molar-refractivity contribution is 5.82. The number of aromatic amines is 1. The lowest BCUT2D eigenvalue weighted by Crippen LogP contribution is -2.45. The van der Waals surface area contributed by atoms with Gasteiger partial charge in [-0.15, -0.1) is 0 Å². The van der Waals surface area contributed by atoms with Gasteiger partial charge in [0, 0.05) is 43.3 Å². The van der Waals surface area contributed by atoms with E-state index in [0.717, 1.165) is 36.7 Å². The molecular formula is C19H27N5O. The Labute approximate surface area is 148 Å². The van der Waals surface area contributed by atoms with Gasteiger partial charge < -0.3 is 20.5 Å². The summed E-state index contributed by atoms with van der Waals surface area (Å²) in [6.07, 6.45) is 0.950. The second-order valence-electron chi connectivity index (χ2n) is 6.88. The van der Waals surface area contributed by atoms with Gasteiger partial charge >= 0.3 is 0 Å². The summed E-state index contributed by atoms with van der Waals surface area (Å²) in [7, 11) is 1.77. The zero-order chi connectivity index (χ0) is 17.8. The van der Waals surface area contributed by atoms with E-state index in [0.29, 0.717) is 6.54 Å². The van der Waals surface area contributed by atoms with Crippen LogP contribution in [0.25, 0.3) is 10.9 Å². The largest absolute Gasteiger partial charge is 0.357 e. The molecular weight excluding hydrogens is 314 g/mol. The van der Waals surface area contributed by atoms with Crippen LogP contribution in [0.4, 0.5) is 0 Å². The zero-order valence-corrected chi connectivity index (χ0v) is 15.2. The minimum absolute atomic E-state index is 0.0539. The number of hydrogen-bond donors (Lipinski definition) is 3. The number of hydrogen-bond acceptors (Lipinski definition) is 2. The second-order valence-corrected chi connectivity index (χ2v) is 6.88. The Kier molecular flexibility index (Phi) is 5.26. The monoisotopic (exact) mass is 341 g/mol. The molecule has 1 atom stereocenters. The Bertz CT molecular complexity index is 731. The molecule has 1 aliphatic rings. The molecule has 1 unspecified atom stereocenters. The highest BCUT2D eigenvalue weighted by atomic mass is 16.2. The smallest absolute Gasteiger partial charge is 0.225 e. The van der Waals surface area contributed by atoms with E-state index in [4.69, 9.17) is 0 Å². The first-order chi connectivity index (χ1) is 12.1. The number of H-pyrrole nitrogens is 1. The molecule has 3 rings (SSSR count). The van der Waals surface area contributed by atoms with Gasteiger partial charge in [-0.1, -0.05) is 32.0 Å². The number of aliphatic imine (C=N–C) groups is 1. The number of benzene rings is 1. The molecule has 1 aliphatic heterocycles. The maximum Gasteiger partial charge on any atom is 0.225 e. The van der Waals surface area contributed by atoms with Crippen molar-refractivity contribution >= 4 is 22.8 Å². The van der Waals surface area contributed by atoms with Crippen LogP contribution in [-0.2, 0) is 11.3 Å². The van der Waals surface area contributed by atoms with Crippen molar-refractivity contribution in [2.45, 2.75) is 32.9 Å². The number of aromatic nitrogens is 1. The lowest BCUT2D eigenvalue weighted by Gasteiger charge is -2.20. The number of rotatable bonds is 4. The Morgan fingerprint density at radius 3 is 2.92 bits per heavy atom. The van der Waals surface area contributed by atoms with Crippen LogP contribution in [0.3, 0.4) is 0 Å². The molecule has 0 saturated carbocycles. The number of nitrogens with one attached hydrogen (secondary N) is 3. The summed E-state index contributed by atoms with van der Waals surface area (Å²) < 4.78 is 0. The van der Waals surface area contributed by atoms with Gasteiger partial charge in [0.05, 0.1) is 6.54 Å². The maximum atomic E-state index is 12.1. The van der Waals surface area contributed by atoms with E-state index in [1.807, 2.05) is 30.9 Å². The average molecular weight is 341 g/mol. The van der Waals surface area contributed by atoms with Crippen LogP contribution in [0.2, 0.25) is 0 Å². The van der Waals surface area contributed by atoms with E-state index in [2.05, 4.69) is 38.8 Å². The van der Waals surface area contributed by atoms with Crippen LogP contribution < -0.4 is 10.6 Å². The average Bonchev–Trinajstić information content (AvgIpc) is 3.24. The number of fused-ring (bicyclic) bond motifs is 1. The fourth-order valence-corrected chi connectivity index (χ4v) is 3.24. The summed E-state index contributed by atoms with van der Waals surface area (Å²) in [5.74, 6) is 1.05. The van der Waals surface area contributed by atoms with E-state index in [-0.39, 0.29) is 17.9 Å². The van der Waals surface area contributed by atoms with Gasteiger partial charge in [-0.3, -0.25) is 9.79 Å². The van der Waals surface area contributed by atoms with Crippen molar-refractivity contribution in [3.05, 3.63) is 36.0 Å². The molecule has 0 bridgehead atoms. The third kappa shape index (κ3) is 4.13. The number of amides is 1. The van der Waals surface area contributed by atoms with Gasteiger partial charge in [0.1, 0.15) is 0 Å². The summed E-state index contributed by atoms with van der Waals surface area (Å²) in [6, 6.07) is 10.6. The van der Waals surface area contributed by atoms with Crippen LogP contribution >= 0.6 is 0 Å². The summed E-state index contributed by atoms with van der Waals surface area (Å²) >= 11 is 0. The fourth-order valence-electron chi connectivity index (χ4n) is 3.24. The van der Waals surface area contributed by atoms with E-state index < -0.39 is 0 Å². The first-order valence-electron chi connectivity index (χ1n) is 8.89. The van der Waals surface area contributed by atoms with Crippen molar-refractivity contribution in [3.63, 3.8) is 0 Å². The highest BCUT2D eigenvalue weighted by Gasteiger charge is 2.27. The molecule has 1 amide bonds. The van der Waals surface area contributed by atoms with Gasteiger partial charge in [0.15, 0.2) is 5.96 Å². The molecule has 1 saturated heterocycles. The topological polar surface area (TPSA) is 72.5 Å². The predicted molar refractivity (Wildman–Crippen MR) is 101 cm³/mol. The molecule has 3 N–H and O–H groups in total. The van der Waals surface area contributed by atoms with E-state index in [1.54, 1.807) is 7.05 Å². The minimum Gasteiger partial charge on any atom is -0.357 e. The Balaban J connectivity index is 1.52. The molecule has 1 fully saturated rings. The van der Waals surface area contributed by atoms with Crippen molar-refractivity contribution < 1.29 is 4.79 Å². The van der Waals surface area contributed by atoms with Crippen molar-refractivity contribution in [3.8, 4) is 0 Å². The third-order valence-electron chi connectivity index (χ3n) is 4.59. The van der Waals surface area contributed by atoms with E-state index >= 15 is 0 Å². The van der Waals surface area contributed by atoms with Crippen LogP contribution in [0.5, 0.6) is 0 Å². The molecule has 25 heavy (non-hydrogen) atoms. The van der Waals surface area contributed by atoms with Gasteiger partial charge in [-0.25, -0.2) is 0 Å². The SMILES string of the molecule is CN=C(NCc1cc2ccccc2[nH]1)NC1CCN(C(=O)C(C)C)C1. The molecule has 6 nitrogen and oxygen atoms in total. The standard InChI is InChI=1S/C19H27N5O/c1-13(2)18(25)24-9-8-15(12-24)23-19(20-3)21-11-16-10-14-6-4-5-7-17(14)22-16/h4-7,10,13,15,22H,8-9,11-12H2,1-3H3,(H2,20,21,23). The lowest BCUT2D eigenvalue weighted by molar-refractivity contribution is -0.133. The molecule has 1 aromatic heterocycles. The number of carbonyl (C=O) groups excluding carboxylic acids is 1. The minimum atomic E-state index is 0.0539. The number of guanidine groups is 1. The first kappa shape index (κ1) is 17.3. The van der Waals surface area contributed by atoms with Crippen LogP contribution in [-0.4, -0.2) is 47.9 Å². The van der Waals surface area contributed by atoms with Crippen LogP contribution in [0, 0.1) is 5.92 Å². The van der Waals surface area contributed by atoms with Crippen molar-refractivity contribution in [1.29, 1.82) is 0 Å². The van der Waals surface area contributed by atoms with Crippen molar-refractivity contribution in [1.82, 2.24) is 20.5 Å². The lowest BCUT2D eigenvalue weighted by atomic mass is 10.2. The summed E-state index contributed by atoms with van der Waals surface area (Å²) in [5.41, 5.74) is 2.26. The molecule has 2 heterocycles. The summed E-state index contributed by atoms with van der Waals surface area (Å²) in [5, 5.41) is 7.98. The molecule has 6 heteroatoms. The summed E-state index contributed by atoms with van der Waals surface area (Å²) in [6.45, 7) is 6.13. The van der Waals surface area contributed by atoms with E-state index in [1.165, 1.54) is 5.39 Å². The van der Waals surface area contributed by atoms with Crippen molar-refractivity contribution in [2.24, 2.45) is 10.9 Å². The van der Waals surface area contributed by atoms with Gasteiger partial charge in [0.2, 0.25) is 5.91 Å². The normalized spacial score (nSPS) is 18.2. The third-order valence-corrected chi connectivity index (χ3v) is 4.59. The first-order valence-corrected chi connectivity index (χ1v) is 8.89. The number of para-hydroxylation sites is 1. The Morgan fingerprint density at radius 2 is 2.20 bits per heavy atom. The summed E-state index contributed by atoms with van der Waals surface area (Å²) in [4.78, 5) is 21.7. The van der Waals surface area contributed by atoms with Gasteiger partial charge in [0.25, 0.3) is 0 Å². The second kappa shape index (κ2) is 7.59. The highest BCUT2D eigenvalue weighted by Crippen LogP contribution is 2.15. The van der Waals surface area contributed by atoms with E-state index in [9.17, 15) is 4.79 Å². The molecule has 0 spiro atoms. The molecule has 0 aliphatic carbocycles. The Hall–Kier alpha value is -2.50. The number of nitrogens with zero attached hydrogens (tertiary/aromatic N) is 2. The molecule has 0 radical (unpaired) electrons. The zero-order valence-electron chi connectivity index (χ0n) is 15.2. The molecule has 2 aromatic rings. The number of carbonyl (C=O) groups is 1. The Morgan fingerprint density at radius 1 is 1.40 bits per heavy atom. The molecule has 1 aromatic carbocycles. The quantitative estimate of drug-likeness (QED) is 0.589. The maximum absolute atomic E-state index is 12.1. The van der Waals surface area contributed by atoms with Gasteiger partial charge in [-0.2, -0.15) is 0 Å². The predicted octanol–water partition coefficient (Wildman–Crippen LogP) is 2.09. The molecule has 134 valence electrons. The van der Waals surface area contributed by atoms with Crippen LogP contribution in [0.1, 0.15) is 26.0 Å². The van der Waals surface area contributed by atoms with Crippen LogP contribution in [0.15, 0.2) is 35.3 Å².